The van der Waals surface area contributed by atoms with E-state index in [0.29, 0.717) is 5.92 Å². The summed E-state index contributed by atoms with van der Waals surface area (Å²) < 4.78 is 0. The Kier molecular flexibility index (Phi) is 3.14. The van der Waals surface area contributed by atoms with Gasteiger partial charge in [0.2, 0.25) is 5.91 Å². The zero-order chi connectivity index (χ0) is 13.1. The number of benzene rings is 1. The van der Waals surface area contributed by atoms with E-state index in [1.54, 1.807) is 6.21 Å². The van der Waals surface area contributed by atoms with Gasteiger partial charge in [0.1, 0.15) is 0 Å². The Balaban J connectivity index is 1.53. The zero-order valence-electron chi connectivity index (χ0n) is 10.4. The summed E-state index contributed by atoms with van der Waals surface area (Å²) >= 11 is 0. The van der Waals surface area contributed by atoms with Gasteiger partial charge < -0.3 is 4.98 Å². The molecule has 3 rings (SSSR count). The van der Waals surface area contributed by atoms with Crippen LogP contribution < -0.4 is 5.43 Å². The van der Waals surface area contributed by atoms with Crippen LogP contribution in [0.3, 0.4) is 0 Å². The number of hydrogen-bond donors (Lipinski definition) is 2. The Morgan fingerprint density at radius 1 is 1.26 bits per heavy atom. The highest BCUT2D eigenvalue weighted by molar-refractivity contribution is 5.84. The van der Waals surface area contributed by atoms with Crippen LogP contribution in [0.5, 0.6) is 0 Å². The Labute approximate surface area is 111 Å². The minimum Gasteiger partial charge on any atom is -0.360 e. The molecule has 1 amide bonds. The number of carbonyl (C=O) groups is 1. The van der Waals surface area contributed by atoms with Gasteiger partial charge in [0.05, 0.1) is 11.9 Å². The van der Waals surface area contributed by atoms with Crippen LogP contribution in [0.25, 0.3) is 0 Å². The largest absolute Gasteiger partial charge is 0.360 e. The van der Waals surface area contributed by atoms with Crippen molar-refractivity contribution < 1.29 is 4.79 Å². The van der Waals surface area contributed by atoms with Gasteiger partial charge in [-0.25, -0.2) is 5.43 Å². The highest BCUT2D eigenvalue weighted by Gasteiger charge is 2.43. The quantitative estimate of drug-likeness (QED) is 0.637. The monoisotopic (exact) mass is 253 g/mol. The first-order chi connectivity index (χ1) is 9.34. The van der Waals surface area contributed by atoms with Crippen molar-refractivity contribution in [3.8, 4) is 0 Å². The molecule has 96 valence electrons. The molecule has 1 aromatic heterocycles. The van der Waals surface area contributed by atoms with Gasteiger partial charge >= 0.3 is 0 Å². The molecule has 0 spiro atoms. The number of hydrogen-bond acceptors (Lipinski definition) is 2. The molecule has 0 unspecified atom stereocenters. The Morgan fingerprint density at radius 3 is 2.84 bits per heavy atom. The van der Waals surface area contributed by atoms with Crippen molar-refractivity contribution in [1.82, 2.24) is 10.4 Å². The zero-order valence-corrected chi connectivity index (χ0v) is 10.4. The standard InChI is InChI=1S/C15H15N3O/c19-15(18-17-10-12-7-4-8-16-12)14-9-13(14)11-5-2-1-3-6-11/h1-8,10,13-14,16H,9H2,(H,18,19)/b17-10-/t13-,14-/m0/s1. The van der Waals surface area contributed by atoms with Crippen LogP contribution >= 0.6 is 0 Å². The third-order valence-electron chi connectivity index (χ3n) is 3.36. The molecule has 1 saturated carbocycles. The van der Waals surface area contributed by atoms with Crippen molar-refractivity contribution in [1.29, 1.82) is 0 Å². The fourth-order valence-electron chi connectivity index (χ4n) is 2.23. The highest BCUT2D eigenvalue weighted by atomic mass is 16.2. The van der Waals surface area contributed by atoms with E-state index in [2.05, 4.69) is 27.6 Å². The molecule has 1 heterocycles. The van der Waals surface area contributed by atoms with Crippen LogP contribution in [0, 0.1) is 5.92 Å². The molecule has 1 aromatic carbocycles. The molecule has 2 aromatic rings. The van der Waals surface area contributed by atoms with Gasteiger partial charge in [-0.15, -0.1) is 0 Å². The van der Waals surface area contributed by atoms with Crippen molar-refractivity contribution in [2.75, 3.05) is 0 Å². The molecule has 0 saturated heterocycles. The summed E-state index contributed by atoms with van der Waals surface area (Å²) in [4.78, 5) is 14.9. The molecule has 2 atom stereocenters. The number of aromatic nitrogens is 1. The molecule has 19 heavy (non-hydrogen) atoms. The van der Waals surface area contributed by atoms with Crippen molar-refractivity contribution >= 4 is 12.1 Å². The van der Waals surface area contributed by atoms with E-state index in [4.69, 9.17) is 0 Å². The summed E-state index contributed by atoms with van der Waals surface area (Å²) in [5.41, 5.74) is 4.70. The molecule has 1 aliphatic carbocycles. The van der Waals surface area contributed by atoms with Gasteiger partial charge in [0, 0.05) is 12.1 Å². The summed E-state index contributed by atoms with van der Waals surface area (Å²) in [6.07, 6.45) is 4.33. The number of carbonyl (C=O) groups excluding carboxylic acids is 1. The van der Waals surface area contributed by atoms with E-state index in [-0.39, 0.29) is 11.8 Å². The molecule has 0 radical (unpaired) electrons. The van der Waals surface area contributed by atoms with Gasteiger partial charge in [-0.1, -0.05) is 30.3 Å². The van der Waals surface area contributed by atoms with Crippen LogP contribution in [0.4, 0.5) is 0 Å². The molecule has 4 heteroatoms. The second-order valence-electron chi connectivity index (χ2n) is 4.72. The third kappa shape index (κ3) is 2.73. The van der Waals surface area contributed by atoms with E-state index >= 15 is 0 Å². The Bertz CT molecular complexity index is 575. The minimum atomic E-state index is -0.00309. The fraction of sp³-hybridized carbons (Fsp3) is 0.200. The first-order valence-corrected chi connectivity index (χ1v) is 6.36. The summed E-state index contributed by atoms with van der Waals surface area (Å²) in [6, 6.07) is 13.9. The molecular formula is C15H15N3O. The van der Waals surface area contributed by atoms with Gasteiger partial charge in [0.15, 0.2) is 0 Å². The van der Waals surface area contributed by atoms with Crippen molar-refractivity contribution in [3.63, 3.8) is 0 Å². The smallest absolute Gasteiger partial charge is 0.243 e. The van der Waals surface area contributed by atoms with Crippen LogP contribution in [-0.2, 0) is 4.79 Å². The maximum absolute atomic E-state index is 11.9. The van der Waals surface area contributed by atoms with E-state index < -0.39 is 0 Å². The third-order valence-corrected chi connectivity index (χ3v) is 3.36. The first-order valence-electron chi connectivity index (χ1n) is 6.36. The lowest BCUT2D eigenvalue weighted by atomic mass is 10.1. The number of hydrazone groups is 1. The number of aromatic amines is 1. The van der Waals surface area contributed by atoms with Crippen molar-refractivity contribution in [3.05, 3.63) is 59.9 Å². The Hall–Kier alpha value is -2.36. The maximum Gasteiger partial charge on any atom is 0.243 e. The summed E-state index contributed by atoms with van der Waals surface area (Å²) in [7, 11) is 0. The molecule has 1 fully saturated rings. The van der Waals surface area contributed by atoms with Gasteiger partial charge in [-0.05, 0) is 30.0 Å². The van der Waals surface area contributed by atoms with Crippen LogP contribution in [0.2, 0.25) is 0 Å². The second-order valence-corrected chi connectivity index (χ2v) is 4.72. The van der Waals surface area contributed by atoms with Gasteiger partial charge in [-0.3, -0.25) is 4.79 Å². The average molecular weight is 253 g/mol. The molecule has 1 aliphatic rings. The van der Waals surface area contributed by atoms with E-state index in [1.165, 1.54) is 5.56 Å². The lowest BCUT2D eigenvalue weighted by molar-refractivity contribution is -0.122. The van der Waals surface area contributed by atoms with Crippen molar-refractivity contribution in [2.24, 2.45) is 11.0 Å². The summed E-state index contributed by atoms with van der Waals surface area (Å²) in [6.45, 7) is 0. The SMILES string of the molecule is O=C(N/N=C\c1ccc[nH]1)[C@H]1C[C@H]1c1ccccc1. The minimum absolute atomic E-state index is 0.00309. The van der Waals surface area contributed by atoms with Crippen LogP contribution in [-0.4, -0.2) is 17.1 Å². The van der Waals surface area contributed by atoms with E-state index in [9.17, 15) is 4.79 Å². The molecule has 0 aliphatic heterocycles. The van der Waals surface area contributed by atoms with Gasteiger partial charge in [-0.2, -0.15) is 5.10 Å². The number of amides is 1. The van der Waals surface area contributed by atoms with Gasteiger partial charge in [0.25, 0.3) is 0 Å². The first kappa shape index (κ1) is 11.7. The number of nitrogens with zero attached hydrogens (tertiary/aromatic N) is 1. The lowest BCUT2D eigenvalue weighted by Crippen LogP contribution is -2.20. The summed E-state index contributed by atoms with van der Waals surface area (Å²) in [5.74, 6) is 0.404. The second kappa shape index (κ2) is 5.10. The normalized spacial score (nSPS) is 21.5. The van der Waals surface area contributed by atoms with E-state index in [1.807, 2.05) is 36.5 Å². The van der Waals surface area contributed by atoms with Crippen LogP contribution in [0.1, 0.15) is 23.6 Å². The molecule has 0 bridgehead atoms. The lowest BCUT2D eigenvalue weighted by Gasteiger charge is -1.99. The average Bonchev–Trinajstić information content (AvgIpc) is 3.09. The van der Waals surface area contributed by atoms with E-state index in [0.717, 1.165) is 12.1 Å². The maximum atomic E-state index is 11.9. The van der Waals surface area contributed by atoms with Crippen LogP contribution in [0.15, 0.2) is 53.8 Å². The molecular weight excluding hydrogens is 238 g/mol. The highest BCUT2D eigenvalue weighted by Crippen LogP contribution is 2.47. The van der Waals surface area contributed by atoms with Crippen molar-refractivity contribution in [2.45, 2.75) is 12.3 Å². The molecule has 4 nitrogen and oxygen atoms in total. The predicted octanol–water partition coefficient (Wildman–Crippen LogP) is 2.27. The topological polar surface area (TPSA) is 57.2 Å². The number of H-pyrrole nitrogens is 1. The predicted molar refractivity (Wildman–Crippen MR) is 73.8 cm³/mol. The fourth-order valence-corrected chi connectivity index (χ4v) is 2.23. The number of nitrogens with one attached hydrogen (secondary N) is 2. The Morgan fingerprint density at radius 2 is 2.11 bits per heavy atom. The summed E-state index contributed by atoms with van der Waals surface area (Å²) in [5, 5.41) is 3.95. The number of rotatable bonds is 4. The molecule has 2 N–H and O–H groups in total.